The molecule has 1 heterocycles. The van der Waals surface area contributed by atoms with Crippen molar-refractivity contribution in [2.45, 2.75) is 103 Å². The van der Waals surface area contributed by atoms with E-state index in [1.807, 2.05) is 0 Å². The van der Waals surface area contributed by atoms with Gasteiger partial charge < -0.3 is 10.1 Å². The van der Waals surface area contributed by atoms with Gasteiger partial charge in [-0.2, -0.15) is 0 Å². The standard InChI is InChI=1S/C19H39NO/c1-4-5-6-7-8-9-10-11-12-13-14-19(20-3)18-15-17(2)21-16-18/h17-20H,4-16H2,1-3H3. The average Bonchev–Trinajstić information content (AvgIpc) is 2.91. The summed E-state index contributed by atoms with van der Waals surface area (Å²) in [7, 11) is 2.12. The number of unbranched alkanes of at least 4 members (excludes halogenated alkanes) is 9. The van der Waals surface area contributed by atoms with Crippen molar-refractivity contribution in [2.24, 2.45) is 5.92 Å². The summed E-state index contributed by atoms with van der Waals surface area (Å²) in [5, 5.41) is 3.52. The summed E-state index contributed by atoms with van der Waals surface area (Å²) in [4.78, 5) is 0. The van der Waals surface area contributed by atoms with Gasteiger partial charge in [0.1, 0.15) is 0 Å². The third kappa shape index (κ3) is 8.83. The predicted molar refractivity (Wildman–Crippen MR) is 92.8 cm³/mol. The topological polar surface area (TPSA) is 21.3 Å². The Balaban J connectivity index is 1.90. The van der Waals surface area contributed by atoms with Gasteiger partial charge in [-0.05, 0) is 26.8 Å². The van der Waals surface area contributed by atoms with Crippen LogP contribution in [0, 0.1) is 5.92 Å². The Morgan fingerprint density at radius 1 is 0.952 bits per heavy atom. The van der Waals surface area contributed by atoms with Crippen LogP contribution in [0.5, 0.6) is 0 Å². The molecule has 1 fully saturated rings. The van der Waals surface area contributed by atoms with Crippen LogP contribution in [0.2, 0.25) is 0 Å². The fourth-order valence-electron chi connectivity index (χ4n) is 3.60. The Kier molecular flexibility index (Phi) is 11.3. The quantitative estimate of drug-likeness (QED) is 0.465. The summed E-state index contributed by atoms with van der Waals surface area (Å²) < 4.78 is 5.71. The van der Waals surface area contributed by atoms with Gasteiger partial charge in [0, 0.05) is 12.0 Å². The highest BCUT2D eigenvalue weighted by Crippen LogP contribution is 2.25. The van der Waals surface area contributed by atoms with Crippen molar-refractivity contribution in [1.82, 2.24) is 5.32 Å². The molecule has 2 nitrogen and oxygen atoms in total. The summed E-state index contributed by atoms with van der Waals surface area (Å²) in [5.41, 5.74) is 0. The van der Waals surface area contributed by atoms with E-state index < -0.39 is 0 Å². The molecule has 1 aliphatic rings. The molecule has 0 amide bonds. The lowest BCUT2D eigenvalue weighted by molar-refractivity contribution is 0.116. The molecule has 0 aromatic carbocycles. The van der Waals surface area contributed by atoms with E-state index in [9.17, 15) is 0 Å². The van der Waals surface area contributed by atoms with Crippen molar-refractivity contribution < 1.29 is 4.74 Å². The second-order valence-electron chi connectivity index (χ2n) is 7.01. The first kappa shape index (κ1) is 19.0. The van der Waals surface area contributed by atoms with Crippen molar-refractivity contribution in [3.8, 4) is 0 Å². The van der Waals surface area contributed by atoms with Crippen LogP contribution in [0.15, 0.2) is 0 Å². The van der Waals surface area contributed by atoms with Crippen LogP contribution in [0.4, 0.5) is 0 Å². The first-order valence-corrected chi connectivity index (χ1v) is 9.56. The normalized spacial score (nSPS) is 23.6. The molecule has 1 N–H and O–H groups in total. The molecule has 126 valence electrons. The second kappa shape index (κ2) is 12.5. The molecule has 1 rings (SSSR count). The van der Waals surface area contributed by atoms with Gasteiger partial charge in [-0.1, -0.05) is 71.1 Å². The molecule has 0 aromatic rings. The summed E-state index contributed by atoms with van der Waals surface area (Å²) in [6.07, 6.45) is 17.3. The van der Waals surface area contributed by atoms with Crippen LogP contribution in [0.1, 0.15) is 90.9 Å². The lowest BCUT2D eigenvalue weighted by Gasteiger charge is -2.21. The van der Waals surface area contributed by atoms with Crippen LogP contribution in [-0.2, 0) is 4.74 Å². The summed E-state index contributed by atoms with van der Waals surface area (Å²) in [5.74, 6) is 0.739. The highest BCUT2D eigenvalue weighted by Gasteiger charge is 2.28. The van der Waals surface area contributed by atoms with E-state index in [1.165, 1.54) is 77.0 Å². The zero-order chi connectivity index (χ0) is 15.3. The highest BCUT2D eigenvalue weighted by atomic mass is 16.5. The zero-order valence-electron chi connectivity index (χ0n) is 14.8. The van der Waals surface area contributed by atoms with Gasteiger partial charge in [-0.15, -0.1) is 0 Å². The van der Waals surface area contributed by atoms with Gasteiger partial charge in [-0.25, -0.2) is 0 Å². The molecule has 0 aromatic heterocycles. The minimum Gasteiger partial charge on any atom is -0.378 e. The average molecular weight is 298 g/mol. The van der Waals surface area contributed by atoms with Crippen molar-refractivity contribution in [3.63, 3.8) is 0 Å². The largest absolute Gasteiger partial charge is 0.378 e. The monoisotopic (exact) mass is 297 g/mol. The number of ether oxygens (including phenoxy) is 1. The number of rotatable bonds is 13. The van der Waals surface area contributed by atoms with Crippen molar-refractivity contribution in [1.29, 1.82) is 0 Å². The van der Waals surface area contributed by atoms with Crippen molar-refractivity contribution >= 4 is 0 Å². The van der Waals surface area contributed by atoms with Crippen molar-refractivity contribution in [2.75, 3.05) is 13.7 Å². The fourth-order valence-corrected chi connectivity index (χ4v) is 3.60. The molecule has 21 heavy (non-hydrogen) atoms. The summed E-state index contributed by atoms with van der Waals surface area (Å²) >= 11 is 0. The number of hydrogen-bond donors (Lipinski definition) is 1. The number of hydrogen-bond acceptors (Lipinski definition) is 2. The van der Waals surface area contributed by atoms with Crippen LogP contribution in [-0.4, -0.2) is 25.8 Å². The Hall–Kier alpha value is -0.0800. The minimum atomic E-state index is 0.471. The van der Waals surface area contributed by atoms with Gasteiger partial charge in [0.15, 0.2) is 0 Å². The van der Waals surface area contributed by atoms with E-state index in [0.717, 1.165) is 12.5 Å². The van der Waals surface area contributed by atoms with Crippen LogP contribution in [0.3, 0.4) is 0 Å². The van der Waals surface area contributed by atoms with Crippen LogP contribution < -0.4 is 5.32 Å². The summed E-state index contributed by atoms with van der Waals surface area (Å²) in [6.45, 7) is 5.45. The third-order valence-corrected chi connectivity index (χ3v) is 5.04. The van der Waals surface area contributed by atoms with Gasteiger partial charge in [0.2, 0.25) is 0 Å². The Labute approximate surface area is 133 Å². The molecule has 3 atom stereocenters. The fraction of sp³-hybridized carbons (Fsp3) is 1.00. The first-order chi connectivity index (χ1) is 10.3. The molecular weight excluding hydrogens is 258 g/mol. The highest BCUT2D eigenvalue weighted by molar-refractivity contribution is 4.81. The minimum absolute atomic E-state index is 0.471. The Morgan fingerprint density at radius 3 is 2.00 bits per heavy atom. The van der Waals surface area contributed by atoms with Gasteiger partial charge >= 0.3 is 0 Å². The van der Waals surface area contributed by atoms with Gasteiger partial charge in [0.25, 0.3) is 0 Å². The van der Waals surface area contributed by atoms with Crippen molar-refractivity contribution in [3.05, 3.63) is 0 Å². The molecule has 1 aliphatic heterocycles. The summed E-state index contributed by atoms with van der Waals surface area (Å²) in [6, 6.07) is 0.670. The molecule has 0 saturated carbocycles. The maximum Gasteiger partial charge on any atom is 0.0551 e. The van der Waals surface area contributed by atoms with Gasteiger partial charge in [0.05, 0.1) is 12.7 Å². The number of nitrogens with one attached hydrogen (secondary N) is 1. The first-order valence-electron chi connectivity index (χ1n) is 9.56. The zero-order valence-corrected chi connectivity index (χ0v) is 14.8. The van der Waals surface area contributed by atoms with E-state index in [1.54, 1.807) is 0 Å². The smallest absolute Gasteiger partial charge is 0.0551 e. The molecule has 0 spiro atoms. The maximum absolute atomic E-state index is 5.71. The van der Waals surface area contributed by atoms with E-state index in [-0.39, 0.29) is 0 Å². The van der Waals surface area contributed by atoms with Crippen LogP contribution >= 0.6 is 0 Å². The molecule has 2 heteroatoms. The lowest BCUT2D eigenvalue weighted by Crippen LogP contribution is -2.33. The van der Waals surface area contributed by atoms with Gasteiger partial charge in [-0.3, -0.25) is 0 Å². The Morgan fingerprint density at radius 2 is 1.52 bits per heavy atom. The second-order valence-corrected chi connectivity index (χ2v) is 7.01. The molecule has 0 radical (unpaired) electrons. The SMILES string of the molecule is CCCCCCCCCCCCC(NC)C1COC(C)C1. The van der Waals surface area contributed by atoms with E-state index in [2.05, 4.69) is 26.2 Å². The molecule has 0 aliphatic carbocycles. The lowest BCUT2D eigenvalue weighted by atomic mass is 9.92. The third-order valence-electron chi connectivity index (χ3n) is 5.04. The Bertz CT molecular complexity index is 232. The van der Waals surface area contributed by atoms with E-state index in [0.29, 0.717) is 12.1 Å². The predicted octanol–water partition coefficient (Wildman–Crippen LogP) is 5.31. The van der Waals surface area contributed by atoms with Crippen LogP contribution in [0.25, 0.3) is 0 Å². The maximum atomic E-state index is 5.71. The molecule has 0 bridgehead atoms. The molecule has 1 saturated heterocycles. The molecular formula is C19H39NO. The molecule has 3 unspecified atom stereocenters. The van der Waals surface area contributed by atoms with E-state index >= 15 is 0 Å². The van der Waals surface area contributed by atoms with E-state index in [4.69, 9.17) is 4.74 Å².